The number of benzene rings is 2. The Morgan fingerprint density at radius 1 is 1.28 bits per heavy atom. The van der Waals surface area contributed by atoms with Crippen molar-refractivity contribution in [3.63, 3.8) is 0 Å². The van der Waals surface area contributed by atoms with Gasteiger partial charge in [0, 0.05) is 49.7 Å². The molecule has 0 saturated carbocycles. The molecular formula is C23H21N5O4. The van der Waals surface area contributed by atoms with Crippen LogP contribution in [0.2, 0.25) is 0 Å². The highest BCUT2D eigenvalue weighted by molar-refractivity contribution is 6.02. The molecule has 3 rings (SSSR count). The smallest absolute Gasteiger partial charge is 0.270 e. The third kappa shape index (κ3) is 5.44. The molecule has 0 atom stereocenters. The molecule has 0 aliphatic heterocycles. The van der Waals surface area contributed by atoms with Gasteiger partial charge >= 0.3 is 0 Å². The molecule has 9 nitrogen and oxygen atoms in total. The summed E-state index contributed by atoms with van der Waals surface area (Å²) in [6, 6.07) is 17.3. The molecule has 0 saturated heterocycles. The molecule has 1 aromatic heterocycles. The van der Waals surface area contributed by atoms with Crippen LogP contribution in [0.1, 0.15) is 12.0 Å². The van der Waals surface area contributed by atoms with Gasteiger partial charge in [-0.1, -0.05) is 30.3 Å². The van der Waals surface area contributed by atoms with Gasteiger partial charge in [-0.2, -0.15) is 10.4 Å². The lowest BCUT2D eigenvalue weighted by Crippen LogP contribution is -2.26. The van der Waals surface area contributed by atoms with E-state index in [0.29, 0.717) is 36.4 Å². The summed E-state index contributed by atoms with van der Waals surface area (Å²) in [6.07, 6.45) is 3.73. The molecule has 9 heteroatoms. The van der Waals surface area contributed by atoms with Crippen molar-refractivity contribution in [2.45, 2.75) is 6.42 Å². The van der Waals surface area contributed by atoms with Gasteiger partial charge < -0.3 is 10.1 Å². The van der Waals surface area contributed by atoms with Crippen molar-refractivity contribution in [2.24, 2.45) is 0 Å². The van der Waals surface area contributed by atoms with E-state index >= 15 is 0 Å². The number of carbonyl (C=O) groups excluding carboxylic acids is 1. The fourth-order valence-corrected chi connectivity index (χ4v) is 3.01. The standard InChI is InChI=1S/C23H21N5O4/c1-32-12-6-11-25-23(29)18(15-24)13-19-16-27(20-8-3-2-4-9-20)26-22(19)17-7-5-10-21(14-17)28(30)31/h2-5,7-10,13-14,16H,6,11-12H2,1H3,(H,25,29). The van der Waals surface area contributed by atoms with Gasteiger partial charge in [-0.15, -0.1) is 0 Å². The zero-order valence-electron chi connectivity index (χ0n) is 17.4. The van der Waals surface area contributed by atoms with E-state index < -0.39 is 10.8 Å². The van der Waals surface area contributed by atoms with Crippen LogP contribution in [-0.2, 0) is 9.53 Å². The first-order valence-corrected chi connectivity index (χ1v) is 9.82. The minimum atomic E-state index is -0.513. The number of nitro benzene ring substituents is 1. The number of hydrogen-bond donors (Lipinski definition) is 1. The van der Waals surface area contributed by atoms with Gasteiger partial charge in [-0.3, -0.25) is 14.9 Å². The maximum Gasteiger partial charge on any atom is 0.270 e. The predicted octanol–water partition coefficient (Wildman–Crippen LogP) is 3.51. The summed E-state index contributed by atoms with van der Waals surface area (Å²) in [5.74, 6) is -0.513. The number of nitrogens with zero attached hydrogens (tertiary/aromatic N) is 4. The zero-order valence-corrected chi connectivity index (χ0v) is 17.4. The van der Waals surface area contributed by atoms with E-state index in [1.54, 1.807) is 30.1 Å². The van der Waals surface area contributed by atoms with Crippen molar-refractivity contribution in [1.29, 1.82) is 5.26 Å². The topological polar surface area (TPSA) is 123 Å². The Morgan fingerprint density at radius 2 is 2.06 bits per heavy atom. The number of nitriles is 1. The van der Waals surface area contributed by atoms with E-state index in [9.17, 15) is 20.2 Å². The van der Waals surface area contributed by atoms with Crippen LogP contribution in [0, 0.1) is 21.4 Å². The number of carbonyl (C=O) groups is 1. The number of nitrogens with one attached hydrogen (secondary N) is 1. The Balaban J connectivity index is 2.03. The lowest BCUT2D eigenvalue weighted by molar-refractivity contribution is -0.384. The number of ether oxygens (including phenoxy) is 1. The normalized spacial score (nSPS) is 11.1. The van der Waals surface area contributed by atoms with Crippen LogP contribution < -0.4 is 5.32 Å². The minimum absolute atomic E-state index is 0.0805. The fraction of sp³-hybridized carbons (Fsp3) is 0.174. The van der Waals surface area contributed by atoms with Crippen LogP contribution >= 0.6 is 0 Å². The molecule has 0 spiro atoms. The van der Waals surface area contributed by atoms with Crippen LogP contribution in [0.25, 0.3) is 23.0 Å². The number of methoxy groups -OCH3 is 1. The number of rotatable bonds is 9. The van der Waals surface area contributed by atoms with Crippen LogP contribution in [0.3, 0.4) is 0 Å². The lowest BCUT2D eigenvalue weighted by atomic mass is 10.1. The Bertz CT molecular complexity index is 1180. The highest BCUT2D eigenvalue weighted by Crippen LogP contribution is 2.28. The fourth-order valence-electron chi connectivity index (χ4n) is 3.01. The first-order valence-electron chi connectivity index (χ1n) is 9.82. The van der Waals surface area contributed by atoms with Crippen LogP contribution in [0.4, 0.5) is 5.69 Å². The highest BCUT2D eigenvalue weighted by Gasteiger charge is 2.17. The van der Waals surface area contributed by atoms with Crippen molar-refractivity contribution in [3.05, 3.63) is 82.0 Å². The van der Waals surface area contributed by atoms with Crippen molar-refractivity contribution in [2.75, 3.05) is 20.3 Å². The largest absolute Gasteiger partial charge is 0.385 e. The third-order valence-electron chi connectivity index (χ3n) is 4.57. The van der Waals surface area contributed by atoms with Crippen LogP contribution in [0.15, 0.2) is 66.4 Å². The van der Waals surface area contributed by atoms with Gasteiger partial charge in [0.1, 0.15) is 17.3 Å². The molecular weight excluding hydrogens is 410 g/mol. The third-order valence-corrected chi connectivity index (χ3v) is 4.57. The second-order valence-electron chi connectivity index (χ2n) is 6.79. The summed E-state index contributed by atoms with van der Waals surface area (Å²) in [6.45, 7) is 0.860. The number of hydrogen-bond acceptors (Lipinski definition) is 6. The molecule has 0 radical (unpaired) electrons. The minimum Gasteiger partial charge on any atom is -0.385 e. The van der Waals surface area contributed by atoms with E-state index in [0.717, 1.165) is 5.69 Å². The van der Waals surface area contributed by atoms with E-state index in [-0.39, 0.29) is 11.3 Å². The summed E-state index contributed by atoms with van der Waals surface area (Å²) in [5.41, 5.74) is 1.99. The number of non-ortho nitro benzene ring substituents is 1. The molecule has 0 aliphatic rings. The Kier molecular flexibility index (Phi) is 7.46. The molecule has 2 aromatic carbocycles. The SMILES string of the molecule is COCCCNC(=O)C(C#N)=Cc1cn(-c2ccccc2)nc1-c1cccc([N+](=O)[O-])c1. The zero-order chi connectivity index (χ0) is 22.9. The number of aromatic nitrogens is 2. The lowest BCUT2D eigenvalue weighted by Gasteiger charge is -2.04. The van der Waals surface area contributed by atoms with E-state index in [4.69, 9.17) is 4.74 Å². The van der Waals surface area contributed by atoms with Gasteiger partial charge in [0.2, 0.25) is 0 Å². The molecule has 0 bridgehead atoms. The Morgan fingerprint density at radius 3 is 2.75 bits per heavy atom. The molecule has 0 fully saturated rings. The molecule has 1 N–H and O–H groups in total. The molecule has 0 unspecified atom stereocenters. The second kappa shape index (κ2) is 10.7. The van der Waals surface area contributed by atoms with Crippen molar-refractivity contribution in [1.82, 2.24) is 15.1 Å². The Labute approximate surface area is 184 Å². The maximum atomic E-state index is 12.5. The highest BCUT2D eigenvalue weighted by atomic mass is 16.6. The van der Waals surface area contributed by atoms with Crippen molar-refractivity contribution < 1.29 is 14.5 Å². The van der Waals surface area contributed by atoms with Crippen molar-refractivity contribution >= 4 is 17.7 Å². The maximum absolute atomic E-state index is 12.5. The summed E-state index contributed by atoms with van der Waals surface area (Å²) in [7, 11) is 1.57. The average Bonchev–Trinajstić information content (AvgIpc) is 3.24. The molecule has 0 aliphatic carbocycles. The van der Waals surface area contributed by atoms with Gasteiger partial charge in [-0.05, 0) is 24.6 Å². The molecule has 1 heterocycles. The molecule has 3 aromatic rings. The summed E-state index contributed by atoms with van der Waals surface area (Å²) < 4.78 is 6.55. The predicted molar refractivity (Wildman–Crippen MR) is 119 cm³/mol. The first-order chi connectivity index (χ1) is 15.5. The summed E-state index contributed by atoms with van der Waals surface area (Å²) >= 11 is 0. The van der Waals surface area contributed by atoms with Crippen LogP contribution in [-0.4, -0.2) is 40.9 Å². The van der Waals surface area contributed by atoms with E-state index in [1.165, 1.54) is 18.2 Å². The van der Waals surface area contributed by atoms with Gasteiger partial charge in [0.05, 0.1) is 10.6 Å². The van der Waals surface area contributed by atoms with Gasteiger partial charge in [0.25, 0.3) is 11.6 Å². The molecule has 1 amide bonds. The van der Waals surface area contributed by atoms with Gasteiger partial charge in [-0.25, -0.2) is 4.68 Å². The Hall–Kier alpha value is -4.29. The molecule has 32 heavy (non-hydrogen) atoms. The summed E-state index contributed by atoms with van der Waals surface area (Å²) in [5, 5.41) is 28.0. The second-order valence-corrected chi connectivity index (χ2v) is 6.79. The average molecular weight is 431 g/mol. The monoisotopic (exact) mass is 431 g/mol. The quantitative estimate of drug-likeness (QED) is 0.182. The number of para-hydroxylation sites is 1. The van der Waals surface area contributed by atoms with E-state index in [2.05, 4.69) is 10.4 Å². The van der Waals surface area contributed by atoms with E-state index in [1.807, 2.05) is 36.4 Å². The molecule has 162 valence electrons. The summed E-state index contributed by atoms with van der Waals surface area (Å²) in [4.78, 5) is 23.2. The van der Waals surface area contributed by atoms with Crippen molar-refractivity contribution in [3.8, 4) is 23.0 Å². The number of amides is 1. The van der Waals surface area contributed by atoms with Gasteiger partial charge in [0.15, 0.2) is 0 Å². The van der Waals surface area contributed by atoms with Crippen LogP contribution in [0.5, 0.6) is 0 Å². The first kappa shape index (κ1) is 22.4. The number of nitro groups is 1.